The minimum Gasteiger partial charge on any atom is -0.384 e. The first-order valence-electron chi connectivity index (χ1n) is 5.75. The van der Waals surface area contributed by atoms with E-state index in [2.05, 4.69) is 4.72 Å². The van der Waals surface area contributed by atoms with Crippen molar-refractivity contribution in [1.82, 2.24) is 4.72 Å². The highest BCUT2D eigenvalue weighted by atomic mass is 32.2. The van der Waals surface area contributed by atoms with Crippen LogP contribution in [0.25, 0.3) is 0 Å². The normalized spacial score (nSPS) is 26.1. The van der Waals surface area contributed by atoms with Crippen LogP contribution in [0.1, 0.15) is 19.3 Å². The summed E-state index contributed by atoms with van der Waals surface area (Å²) in [6, 6.07) is 0. The van der Waals surface area contributed by atoms with Crippen LogP contribution in [0.2, 0.25) is 0 Å². The molecule has 0 spiro atoms. The average Bonchev–Trinajstić information content (AvgIpc) is 2.71. The number of hydrogen-bond acceptors (Lipinski definition) is 4. The molecule has 5 nitrogen and oxygen atoms in total. The molecule has 1 fully saturated rings. The van der Waals surface area contributed by atoms with Crippen molar-refractivity contribution in [2.24, 2.45) is 17.6 Å². The fraction of sp³-hybridized carbons (Fsp3) is 1.00. The lowest BCUT2D eigenvalue weighted by Crippen LogP contribution is -2.35. The number of methoxy groups -OCH3 is 1. The molecular formula is C10H22N2O3S. The van der Waals surface area contributed by atoms with Gasteiger partial charge in [0.1, 0.15) is 0 Å². The summed E-state index contributed by atoms with van der Waals surface area (Å²) in [4.78, 5) is 0. The largest absolute Gasteiger partial charge is 0.384 e. The maximum Gasteiger partial charge on any atom is 0.213 e. The van der Waals surface area contributed by atoms with Crippen molar-refractivity contribution in [3.8, 4) is 0 Å². The molecule has 0 heterocycles. The van der Waals surface area contributed by atoms with Crippen LogP contribution < -0.4 is 10.5 Å². The molecule has 96 valence electrons. The standard InChI is InChI=1S/C10H22N2O3S/c1-15-5-6-16(13,14)12-8-10-4-2-3-9(10)7-11/h9-10,12H,2-8,11H2,1H3. The SMILES string of the molecule is COCCS(=O)(=O)NCC1CCCC1CN. The quantitative estimate of drug-likeness (QED) is 0.662. The van der Waals surface area contributed by atoms with Gasteiger partial charge in [0.2, 0.25) is 10.0 Å². The van der Waals surface area contributed by atoms with Gasteiger partial charge in [0.05, 0.1) is 12.4 Å². The van der Waals surface area contributed by atoms with Crippen LogP contribution in [0.5, 0.6) is 0 Å². The second-order valence-electron chi connectivity index (χ2n) is 4.35. The van der Waals surface area contributed by atoms with Gasteiger partial charge >= 0.3 is 0 Å². The van der Waals surface area contributed by atoms with Gasteiger partial charge in [0, 0.05) is 13.7 Å². The molecule has 2 unspecified atom stereocenters. The average molecular weight is 250 g/mol. The van der Waals surface area contributed by atoms with E-state index in [1.807, 2.05) is 0 Å². The molecule has 3 N–H and O–H groups in total. The molecule has 1 aliphatic carbocycles. The van der Waals surface area contributed by atoms with Gasteiger partial charge in [-0.25, -0.2) is 13.1 Å². The van der Waals surface area contributed by atoms with Gasteiger partial charge in [-0.15, -0.1) is 0 Å². The van der Waals surface area contributed by atoms with E-state index >= 15 is 0 Å². The van der Waals surface area contributed by atoms with Crippen molar-refractivity contribution in [3.63, 3.8) is 0 Å². The Morgan fingerprint density at radius 2 is 2.06 bits per heavy atom. The Labute approximate surface area is 97.8 Å². The number of rotatable bonds is 7. The Morgan fingerprint density at radius 1 is 1.38 bits per heavy atom. The van der Waals surface area contributed by atoms with Crippen molar-refractivity contribution in [3.05, 3.63) is 0 Å². The Balaban J connectivity index is 2.33. The van der Waals surface area contributed by atoms with Gasteiger partial charge < -0.3 is 10.5 Å². The molecule has 0 amide bonds. The molecule has 1 rings (SSSR count). The summed E-state index contributed by atoms with van der Waals surface area (Å²) in [7, 11) is -1.68. The van der Waals surface area contributed by atoms with Crippen molar-refractivity contribution >= 4 is 10.0 Å². The predicted molar refractivity (Wildman–Crippen MR) is 63.6 cm³/mol. The van der Waals surface area contributed by atoms with Crippen LogP contribution in [0, 0.1) is 11.8 Å². The van der Waals surface area contributed by atoms with Crippen molar-refractivity contribution in [2.45, 2.75) is 19.3 Å². The molecular weight excluding hydrogens is 228 g/mol. The van der Waals surface area contributed by atoms with Crippen LogP contribution in [0.15, 0.2) is 0 Å². The minimum atomic E-state index is -3.18. The third kappa shape index (κ3) is 4.37. The van der Waals surface area contributed by atoms with Gasteiger partial charge in [-0.1, -0.05) is 6.42 Å². The maximum atomic E-state index is 11.5. The van der Waals surface area contributed by atoms with E-state index in [9.17, 15) is 8.42 Å². The first kappa shape index (κ1) is 13.9. The zero-order chi connectivity index (χ0) is 12.0. The molecule has 6 heteroatoms. The van der Waals surface area contributed by atoms with Gasteiger partial charge in [-0.05, 0) is 31.2 Å². The van der Waals surface area contributed by atoms with Crippen LogP contribution in [0.3, 0.4) is 0 Å². The van der Waals surface area contributed by atoms with Crippen LogP contribution in [-0.4, -0.2) is 41.0 Å². The molecule has 0 aromatic rings. The summed E-state index contributed by atoms with van der Waals surface area (Å²) >= 11 is 0. The number of nitrogens with two attached hydrogens (primary N) is 1. The first-order valence-corrected chi connectivity index (χ1v) is 7.40. The van der Waals surface area contributed by atoms with Crippen LogP contribution >= 0.6 is 0 Å². The van der Waals surface area contributed by atoms with Crippen LogP contribution in [-0.2, 0) is 14.8 Å². The van der Waals surface area contributed by atoms with Gasteiger partial charge in [-0.2, -0.15) is 0 Å². The lowest BCUT2D eigenvalue weighted by Gasteiger charge is -2.18. The molecule has 0 saturated heterocycles. The second kappa shape index (κ2) is 6.54. The zero-order valence-corrected chi connectivity index (χ0v) is 10.6. The predicted octanol–water partition coefficient (Wildman–Crippen LogP) is -0.0728. The molecule has 2 atom stereocenters. The molecule has 1 aliphatic rings. The van der Waals surface area contributed by atoms with Crippen molar-refractivity contribution in [2.75, 3.05) is 32.6 Å². The van der Waals surface area contributed by atoms with E-state index < -0.39 is 10.0 Å². The van der Waals surface area contributed by atoms with E-state index in [0.29, 0.717) is 24.9 Å². The molecule has 0 radical (unpaired) electrons. The fourth-order valence-corrected chi connectivity index (χ4v) is 3.19. The highest BCUT2D eigenvalue weighted by Crippen LogP contribution is 2.30. The lowest BCUT2D eigenvalue weighted by molar-refractivity contribution is 0.216. The maximum absolute atomic E-state index is 11.5. The summed E-state index contributed by atoms with van der Waals surface area (Å²) in [6.07, 6.45) is 3.36. The molecule has 0 aromatic carbocycles. The highest BCUT2D eigenvalue weighted by molar-refractivity contribution is 7.89. The summed E-state index contributed by atoms with van der Waals surface area (Å²) in [5.74, 6) is 0.913. The van der Waals surface area contributed by atoms with Gasteiger partial charge in [0.25, 0.3) is 0 Å². The summed E-state index contributed by atoms with van der Waals surface area (Å²) in [5, 5.41) is 0. The number of hydrogen-bond donors (Lipinski definition) is 2. The molecule has 1 saturated carbocycles. The number of ether oxygens (including phenoxy) is 1. The van der Waals surface area contributed by atoms with Crippen LogP contribution in [0.4, 0.5) is 0 Å². The van der Waals surface area contributed by atoms with Gasteiger partial charge in [0.15, 0.2) is 0 Å². The molecule has 0 bridgehead atoms. The fourth-order valence-electron chi connectivity index (χ4n) is 2.19. The van der Waals surface area contributed by atoms with Crippen molar-refractivity contribution in [1.29, 1.82) is 0 Å². The Hall–Kier alpha value is -0.170. The Morgan fingerprint density at radius 3 is 2.69 bits per heavy atom. The third-order valence-corrected chi connectivity index (χ3v) is 4.55. The Kier molecular flexibility index (Phi) is 5.68. The zero-order valence-electron chi connectivity index (χ0n) is 9.81. The molecule has 0 aliphatic heterocycles. The molecule has 16 heavy (non-hydrogen) atoms. The minimum absolute atomic E-state index is 0.0313. The second-order valence-corrected chi connectivity index (χ2v) is 6.27. The lowest BCUT2D eigenvalue weighted by atomic mass is 9.97. The monoisotopic (exact) mass is 250 g/mol. The van der Waals surface area contributed by atoms with Crippen molar-refractivity contribution < 1.29 is 13.2 Å². The first-order chi connectivity index (χ1) is 7.59. The summed E-state index contributed by atoms with van der Waals surface area (Å²) < 4.78 is 30.4. The smallest absolute Gasteiger partial charge is 0.213 e. The van der Waals surface area contributed by atoms with E-state index in [4.69, 9.17) is 10.5 Å². The van der Waals surface area contributed by atoms with Gasteiger partial charge in [-0.3, -0.25) is 0 Å². The Bertz CT molecular complexity index is 292. The summed E-state index contributed by atoms with van der Waals surface area (Å²) in [5.41, 5.74) is 5.65. The van der Waals surface area contributed by atoms with E-state index in [1.165, 1.54) is 7.11 Å². The number of nitrogens with one attached hydrogen (secondary N) is 1. The number of sulfonamides is 1. The summed E-state index contributed by atoms with van der Waals surface area (Å²) in [6.45, 7) is 1.42. The topological polar surface area (TPSA) is 81.4 Å². The van der Waals surface area contributed by atoms with E-state index in [1.54, 1.807) is 0 Å². The highest BCUT2D eigenvalue weighted by Gasteiger charge is 2.26. The van der Waals surface area contributed by atoms with E-state index in [0.717, 1.165) is 19.3 Å². The molecule has 0 aromatic heterocycles. The third-order valence-electron chi connectivity index (χ3n) is 3.24. The van der Waals surface area contributed by atoms with E-state index in [-0.39, 0.29) is 12.4 Å².